The molecule has 0 bridgehead atoms. The number of non-ortho nitro benzene ring substituents is 1. The highest BCUT2D eigenvalue weighted by Gasteiger charge is 2.29. The predicted octanol–water partition coefficient (Wildman–Crippen LogP) is 5.10. The average Bonchev–Trinajstić information content (AvgIpc) is 3.09. The van der Waals surface area contributed by atoms with Crippen molar-refractivity contribution in [1.29, 1.82) is 0 Å². The van der Waals surface area contributed by atoms with Crippen LogP contribution >= 0.6 is 0 Å². The lowest BCUT2D eigenvalue weighted by atomic mass is 10.1. The molecule has 0 unspecified atom stereocenters. The fourth-order valence-corrected chi connectivity index (χ4v) is 3.24. The van der Waals surface area contributed by atoms with Gasteiger partial charge in [-0.25, -0.2) is 0 Å². The average molecular weight is 444 g/mol. The van der Waals surface area contributed by atoms with Crippen LogP contribution in [0.15, 0.2) is 83.5 Å². The van der Waals surface area contributed by atoms with Crippen LogP contribution in [-0.2, 0) is 4.79 Å². The molecule has 0 saturated carbocycles. The van der Waals surface area contributed by atoms with E-state index in [1.807, 2.05) is 6.07 Å². The van der Waals surface area contributed by atoms with Crippen LogP contribution in [0, 0.1) is 20.2 Å². The molecule has 1 aliphatic rings. The molecule has 10 heteroatoms. The van der Waals surface area contributed by atoms with Crippen molar-refractivity contribution in [3.05, 3.63) is 104 Å². The van der Waals surface area contributed by atoms with Crippen LogP contribution in [0.2, 0.25) is 0 Å². The minimum absolute atomic E-state index is 0.162. The number of carbonyl (C=O) groups excluding carboxylic acids is 1. The molecule has 0 aromatic heterocycles. The van der Waals surface area contributed by atoms with Crippen molar-refractivity contribution in [3.8, 4) is 11.5 Å². The number of hydrogen-bond donors (Lipinski definition) is 0. The van der Waals surface area contributed by atoms with Gasteiger partial charge in [-0.2, -0.15) is 10.1 Å². The smallest absolute Gasteiger partial charge is 0.318 e. The Balaban J connectivity index is 1.69. The first-order chi connectivity index (χ1) is 15.8. The standard InChI is InChI=1S/C23H16N4O6/c1-15-19(23(28)25(24-15)17-8-3-2-4-9-17)13-16-7-5-6-10-21(16)33-22-12-11-18(26(29)30)14-20(22)27(31)32/h2-14H,1H3/b19-13+. The fourth-order valence-electron chi connectivity index (χ4n) is 3.24. The third-order valence-electron chi connectivity index (χ3n) is 4.85. The van der Waals surface area contributed by atoms with Gasteiger partial charge in [-0.1, -0.05) is 36.4 Å². The molecule has 3 aromatic carbocycles. The Hall–Kier alpha value is -4.86. The van der Waals surface area contributed by atoms with Gasteiger partial charge in [0, 0.05) is 11.6 Å². The molecule has 10 nitrogen and oxygen atoms in total. The number of amides is 1. The summed E-state index contributed by atoms with van der Waals surface area (Å²) in [6.45, 7) is 1.71. The molecular weight excluding hydrogens is 428 g/mol. The van der Waals surface area contributed by atoms with E-state index in [-0.39, 0.29) is 17.4 Å². The van der Waals surface area contributed by atoms with E-state index in [4.69, 9.17) is 4.74 Å². The second-order valence-electron chi connectivity index (χ2n) is 7.00. The first-order valence-corrected chi connectivity index (χ1v) is 9.71. The number of benzene rings is 3. The molecule has 0 aliphatic carbocycles. The van der Waals surface area contributed by atoms with Crippen molar-refractivity contribution in [2.45, 2.75) is 6.92 Å². The fraction of sp³-hybridized carbons (Fsp3) is 0.0435. The van der Waals surface area contributed by atoms with Crippen LogP contribution in [0.3, 0.4) is 0 Å². The Bertz CT molecular complexity index is 1330. The molecule has 0 radical (unpaired) electrons. The summed E-state index contributed by atoms with van der Waals surface area (Å²) in [7, 11) is 0. The summed E-state index contributed by atoms with van der Waals surface area (Å²) in [5.74, 6) is -0.249. The van der Waals surface area contributed by atoms with E-state index in [1.165, 1.54) is 11.1 Å². The van der Waals surface area contributed by atoms with Crippen LogP contribution in [-0.4, -0.2) is 21.5 Å². The van der Waals surface area contributed by atoms with E-state index in [2.05, 4.69) is 5.10 Å². The SMILES string of the molecule is CC1=NN(c2ccccc2)C(=O)/C1=C/c1ccccc1Oc1ccc([N+](=O)[O-])cc1[N+](=O)[O-]. The van der Waals surface area contributed by atoms with Gasteiger partial charge in [0.2, 0.25) is 5.75 Å². The number of anilines is 1. The lowest BCUT2D eigenvalue weighted by Crippen LogP contribution is -2.21. The largest absolute Gasteiger partial charge is 0.449 e. The second-order valence-corrected chi connectivity index (χ2v) is 7.00. The number of para-hydroxylation sites is 2. The molecule has 0 saturated heterocycles. The van der Waals surface area contributed by atoms with Crippen molar-refractivity contribution in [3.63, 3.8) is 0 Å². The van der Waals surface area contributed by atoms with Crippen molar-refractivity contribution >= 4 is 34.8 Å². The molecule has 0 atom stereocenters. The number of hydrazone groups is 1. The van der Waals surface area contributed by atoms with E-state index in [1.54, 1.807) is 61.5 Å². The predicted molar refractivity (Wildman–Crippen MR) is 121 cm³/mol. The third kappa shape index (κ3) is 4.30. The zero-order chi connectivity index (χ0) is 23.5. The summed E-state index contributed by atoms with van der Waals surface area (Å²) in [6.07, 6.45) is 1.59. The first kappa shape index (κ1) is 21.4. The lowest BCUT2D eigenvalue weighted by molar-refractivity contribution is -0.394. The molecule has 0 N–H and O–H groups in total. The Kier molecular flexibility index (Phi) is 5.64. The van der Waals surface area contributed by atoms with E-state index < -0.39 is 21.2 Å². The summed E-state index contributed by atoms with van der Waals surface area (Å²) in [4.78, 5) is 33.9. The van der Waals surface area contributed by atoms with Crippen molar-refractivity contribution < 1.29 is 19.4 Å². The molecule has 0 spiro atoms. The quantitative estimate of drug-likeness (QED) is 0.295. The molecule has 0 fully saturated rings. The lowest BCUT2D eigenvalue weighted by Gasteiger charge is -2.12. The van der Waals surface area contributed by atoms with Gasteiger partial charge in [0.15, 0.2) is 0 Å². The second kappa shape index (κ2) is 8.71. The normalized spacial score (nSPS) is 14.3. The Labute approximate surface area is 187 Å². The number of hydrogen-bond acceptors (Lipinski definition) is 7. The number of nitro benzene ring substituents is 2. The Morgan fingerprint density at radius 3 is 2.30 bits per heavy atom. The van der Waals surface area contributed by atoms with Gasteiger partial charge < -0.3 is 4.74 Å². The van der Waals surface area contributed by atoms with Crippen LogP contribution in [0.4, 0.5) is 17.1 Å². The number of carbonyl (C=O) groups is 1. The molecule has 3 aromatic rings. The highest BCUT2D eigenvalue weighted by molar-refractivity contribution is 6.32. The maximum Gasteiger partial charge on any atom is 0.318 e. The van der Waals surface area contributed by atoms with Gasteiger partial charge in [-0.05, 0) is 37.3 Å². The molecule has 1 heterocycles. The summed E-state index contributed by atoms with van der Waals surface area (Å²) < 4.78 is 5.76. The molecule has 1 amide bonds. The van der Waals surface area contributed by atoms with Crippen LogP contribution in [0.1, 0.15) is 12.5 Å². The van der Waals surface area contributed by atoms with Gasteiger partial charge >= 0.3 is 5.69 Å². The summed E-state index contributed by atoms with van der Waals surface area (Å²) in [5.41, 5.74) is 0.979. The Morgan fingerprint density at radius 1 is 0.909 bits per heavy atom. The Morgan fingerprint density at radius 2 is 1.61 bits per heavy atom. The van der Waals surface area contributed by atoms with Gasteiger partial charge in [0.05, 0.1) is 32.9 Å². The zero-order valence-corrected chi connectivity index (χ0v) is 17.2. The first-order valence-electron chi connectivity index (χ1n) is 9.71. The maximum absolute atomic E-state index is 13.0. The van der Waals surface area contributed by atoms with Crippen molar-refractivity contribution in [2.75, 3.05) is 5.01 Å². The van der Waals surface area contributed by atoms with Gasteiger partial charge in [-0.3, -0.25) is 25.0 Å². The molecule has 1 aliphatic heterocycles. The van der Waals surface area contributed by atoms with Crippen LogP contribution in [0.5, 0.6) is 11.5 Å². The van der Waals surface area contributed by atoms with E-state index in [0.717, 1.165) is 12.1 Å². The monoisotopic (exact) mass is 444 g/mol. The topological polar surface area (TPSA) is 128 Å². The highest BCUT2D eigenvalue weighted by atomic mass is 16.6. The summed E-state index contributed by atoms with van der Waals surface area (Å²) >= 11 is 0. The number of nitro groups is 2. The van der Waals surface area contributed by atoms with Crippen LogP contribution in [0.25, 0.3) is 6.08 Å². The van der Waals surface area contributed by atoms with Gasteiger partial charge in [0.25, 0.3) is 11.6 Å². The van der Waals surface area contributed by atoms with E-state index >= 15 is 0 Å². The third-order valence-corrected chi connectivity index (χ3v) is 4.85. The van der Waals surface area contributed by atoms with Gasteiger partial charge in [0.1, 0.15) is 5.75 Å². The minimum Gasteiger partial charge on any atom is -0.449 e. The molecule has 164 valence electrons. The zero-order valence-electron chi connectivity index (χ0n) is 17.2. The van der Waals surface area contributed by atoms with Gasteiger partial charge in [-0.15, -0.1) is 0 Å². The van der Waals surface area contributed by atoms with Crippen molar-refractivity contribution in [1.82, 2.24) is 0 Å². The molecular formula is C23H16N4O6. The highest BCUT2D eigenvalue weighted by Crippen LogP contribution is 2.36. The maximum atomic E-state index is 13.0. The van der Waals surface area contributed by atoms with Crippen molar-refractivity contribution in [2.24, 2.45) is 5.10 Å². The van der Waals surface area contributed by atoms with E-state index in [0.29, 0.717) is 22.5 Å². The molecule has 33 heavy (non-hydrogen) atoms. The summed E-state index contributed by atoms with van der Waals surface area (Å²) in [6, 6.07) is 18.8. The summed E-state index contributed by atoms with van der Waals surface area (Å²) in [5, 5.41) is 28.0. The number of nitrogens with zero attached hydrogens (tertiary/aromatic N) is 4. The number of rotatable bonds is 6. The van der Waals surface area contributed by atoms with Crippen LogP contribution < -0.4 is 9.75 Å². The minimum atomic E-state index is -0.752. The number of ether oxygens (including phenoxy) is 1. The van der Waals surface area contributed by atoms with E-state index in [9.17, 15) is 25.0 Å². The molecule has 4 rings (SSSR count).